The van der Waals surface area contributed by atoms with Gasteiger partial charge in [-0.25, -0.2) is 14.8 Å². The van der Waals surface area contributed by atoms with Crippen LogP contribution in [0.3, 0.4) is 0 Å². The van der Waals surface area contributed by atoms with Gasteiger partial charge in [0.15, 0.2) is 5.13 Å². The zero-order valence-corrected chi connectivity index (χ0v) is 12.5. The van der Waals surface area contributed by atoms with Crippen molar-refractivity contribution in [2.24, 2.45) is 0 Å². The molecule has 0 fully saturated rings. The molecule has 0 saturated carbocycles. The topological polar surface area (TPSA) is 78.1 Å². The Balaban J connectivity index is 1.78. The van der Waals surface area contributed by atoms with Crippen LogP contribution in [0.4, 0.5) is 5.13 Å². The molecule has 0 radical (unpaired) electrons. The van der Waals surface area contributed by atoms with E-state index in [-0.39, 0.29) is 0 Å². The molecule has 5 nitrogen and oxygen atoms in total. The number of thiol groups is 1. The van der Waals surface area contributed by atoms with Crippen molar-refractivity contribution in [2.45, 2.75) is 5.25 Å². The maximum Gasteiger partial charge on any atom is 0.332 e. The van der Waals surface area contributed by atoms with Crippen molar-refractivity contribution < 1.29 is 9.53 Å². The molecule has 3 aromatic rings. The highest BCUT2D eigenvalue weighted by Crippen LogP contribution is 2.30. The molecule has 0 aliphatic heterocycles. The maximum absolute atomic E-state index is 12.0. The van der Waals surface area contributed by atoms with Gasteiger partial charge in [0.1, 0.15) is 5.25 Å². The fourth-order valence-electron chi connectivity index (χ4n) is 1.58. The summed E-state index contributed by atoms with van der Waals surface area (Å²) in [6.45, 7) is 0. The number of benzene rings is 1. The van der Waals surface area contributed by atoms with E-state index < -0.39 is 11.2 Å². The number of anilines is 1. The van der Waals surface area contributed by atoms with E-state index >= 15 is 0 Å². The number of hydrogen-bond acceptors (Lipinski definition) is 8. The maximum atomic E-state index is 12.0. The molecular formula is C12H9N3O2S3. The summed E-state index contributed by atoms with van der Waals surface area (Å²) in [6.07, 6.45) is 0. The van der Waals surface area contributed by atoms with Crippen molar-refractivity contribution in [3.63, 3.8) is 0 Å². The third-order valence-corrected chi connectivity index (χ3v) is 4.59. The molecule has 2 N–H and O–H groups in total. The van der Waals surface area contributed by atoms with Gasteiger partial charge in [0.2, 0.25) is 0 Å². The quantitative estimate of drug-likeness (QED) is 0.572. The molecule has 0 bridgehead atoms. The molecule has 1 unspecified atom stereocenters. The third kappa shape index (κ3) is 2.62. The van der Waals surface area contributed by atoms with Crippen LogP contribution in [0.25, 0.3) is 10.2 Å². The van der Waals surface area contributed by atoms with Crippen LogP contribution in [-0.4, -0.2) is 15.9 Å². The Morgan fingerprint density at radius 1 is 1.35 bits per heavy atom. The number of thiazole rings is 2. The molecule has 0 saturated heterocycles. The number of esters is 1. The average Bonchev–Trinajstić information content (AvgIpc) is 3.03. The number of carbonyl (C=O) groups is 1. The molecule has 3 rings (SSSR count). The highest BCUT2D eigenvalue weighted by atomic mass is 32.1. The predicted octanol–water partition coefficient (Wildman–Crippen LogP) is 2.91. The third-order valence-electron chi connectivity index (χ3n) is 2.51. The number of nitrogen functional groups attached to an aromatic ring is 1. The second-order valence-electron chi connectivity index (χ2n) is 3.88. The van der Waals surface area contributed by atoms with Gasteiger partial charge in [-0.15, -0.1) is 11.3 Å². The lowest BCUT2D eigenvalue weighted by atomic mass is 10.3. The van der Waals surface area contributed by atoms with E-state index in [0.717, 1.165) is 10.2 Å². The second-order valence-corrected chi connectivity index (χ2v) is 6.28. The second kappa shape index (κ2) is 5.39. The van der Waals surface area contributed by atoms with Gasteiger partial charge in [0.05, 0.1) is 15.9 Å². The average molecular weight is 323 g/mol. The zero-order chi connectivity index (χ0) is 14.1. The predicted molar refractivity (Wildman–Crippen MR) is 83.5 cm³/mol. The van der Waals surface area contributed by atoms with Gasteiger partial charge in [-0.1, -0.05) is 23.5 Å². The van der Waals surface area contributed by atoms with Gasteiger partial charge in [0.25, 0.3) is 5.19 Å². The van der Waals surface area contributed by atoms with Gasteiger partial charge < -0.3 is 10.5 Å². The minimum Gasteiger partial charge on any atom is -0.397 e. The van der Waals surface area contributed by atoms with Crippen LogP contribution < -0.4 is 10.5 Å². The van der Waals surface area contributed by atoms with E-state index in [1.54, 1.807) is 5.38 Å². The van der Waals surface area contributed by atoms with Crippen molar-refractivity contribution in [2.75, 3.05) is 5.73 Å². The number of nitrogens with two attached hydrogens (primary N) is 1. The Morgan fingerprint density at radius 2 is 2.15 bits per heavy atom. The zero-order valence-electron chi connectivity index (χ0n) is 10.0. The summed E-state index contributed by atoms with van der Waals surface area (Å²) in [5.74, 6) is -0.516. The molecule has 2 heterocycles. The molecule has 2 aromatic heterocycles. The van der Waals surface area contributed by atoms with Gasteiger partial charge >= 0.3 is 5.97 Å². The van der Waals surface area contributed by atoms with Crippen LogP contribution in [0.2, 0.25) is 0 Å². The van der Waals surface area contributed by atoms with E-state index in [1.165, 1.54) is 22.7 Å². The van der Waals surface area contributed by atoms with Crippen LogP contribution in [-0.2, 0) is 4.79 Å². The molecule has 1 aromatic carbocycles. The number of fused-ring (bicyclic) bond motifs is 1. The highest BCUT2D eigenvalue weighted by molar-refractivity contribution is 7.81. The Kier molecular flexibility index (Phi) is 3.60. The summed E-state index contributed by atoms with van der Waals surface area (Å²) in [5.41, 5.74) is 6.82. The molecule has 0 aliphatic rings. The Morgan fingerprint density at radius 3 is 2.85 bits per heavy atom. The van der Waals surface area contributed by atoms with Crippen molar-refractivity contribution in [1.82, 2.24) is 9.97 Å². The molecule has 0 spiro atoms. The molecule has 20 heavy (non-hydrogen) atoms. The number of nitrogens with zero attached hydrogens (tertiary/aromatic N) is 2. The van der Waals surface area contributed by atoms with Gasteiger partial charge in [-0.2, -0.15) is 12.6 Å². The van der Waals surface area contributed by atoms with Crippen molar-refractivity contribution >= 4 is 56.6 Å². The van der Waals surface area contributed by atoms with Crippen LogP contribution in [0.5, 0.6) is 5.19 Å². The number of hydrogen-bond donors (Lipinski definition) is 2. The summed E-state index contributed by atoms with van der Waals surface area (Å²) in [7, 11) is 0. The summed E-state index contributed by atoms with van der Waals surface area (Å²) in [6, 6.07) is 7.57. The van der Waals surface area contributed by atoms with Crippen LogP contribution in [0.1, 0.15) is 10.9 Å². The smallest absolute Gasteiger partial charge is 0.332 e. The molecular weight excluding hydrogens is 314 g/mol. The van der Waals surface area contributed by atoms with E-state index in [1.807, 2.05) is 24.3 Å². The fraction of sp³-hybridized carbons (Fsp3) is 0.0833. The largest absolute Gasteiger partial charge is 0.397 e. The summed E-state index contributed by atoms with van der Waals surface area (Å²) in [4.78, 5) is 20.2. The van der Waals surface area contributed by atoms with Crippen LogP contribution in [0.15, 0.2) is 29.6 Å². The van der Waals surface area contributed by atoms with Gasteiger partial charge in [-0.05, 0) is 12.1 Å². The van der Waals surface area contributed by atoms with E-state index in [0.29, 0.717) is 16.0 Å². The first-order valence-corrected chi connectivity index (χ1v) is 7.81. The van der Waals surface area contributed by atoms with Crippen molar-refractivity contribution in [1.29, 1.82) is 0 Å². The first kappa shape index (κ1) is 13.3. The van der Waals surface area contributed by atoms with E-state index in [9.17, 15) is 4.79 Å². The molecule has 0 aliphatic carbocycles. The lowest BCUT2D eigenvalue weighted by Gasteiger charge is -2.05. The SMILES string of the molecule is Nc1nc(C(S)C(=O)Oc2nc3ccccc3s2)cs1. The summed E-state index contributed by atoms with van der Waals surface area (Å²) in [5, 5.41) is 1.62. The van der Waals surface area contributed by atoms with E-state index in [2.05, 4.69) is 22.6 Å². The summed E-state index contributed by atoms with van der Waals surface area (Å²) < 4.78 is 6.20. The standard InChI is InChI=1S/C12H9N3O2S3/c13-11-14-7(5-19-11)9(18)10(16)17-12-15-6-3-1-2-4-8(6)20-12/h1-5,9,18H,(H2,13,14). The van der Waals surface area contributed by atoms with Gasteiger partial charge in [0, 0.05) is 5.38 Å². The highest BCUT2D eigenvalue weighted by Gasteiger charge is 2.22. The Hall–Kier alpha value is -1.64. The molecule has 0 amide bonds. The fourth-order valence-corrected chi connectivity index (χ4v) is 3.28. The lowest BCUT2D eigenvalue weighted by Crippen LogP contribution is -2.14. The number of carbonyl (C=O) groups excluding carboxylic acids is 1. The number of aromatic nitrogens is 2. The number of para-hydroxylation sites is 1. The monoisotopic (exact) mass is 323 g/mol. The number of ether oxygens (including phenoxy) is 1. The van der Waals surface area contributed by atoms with Crippen LogP contribution >= 0.6 is 35.3 Å². The first-order valence-electron chi connectivity index (χ1n) is 5.60. The minimum atomic E-state index is -0.768. The Bertz CT molecular complexity index is 735. The summed E-state index contributed by atoms with van der Waals surface area (Å²) >= 11 is 6.78. The minimum absolute atomic E-state index is 0.304. The Labute approximate surface area is 127 Å². The van der Waals surface area contributed by atoms with Crippen LogP contribution in [0, 0.1) is 0 Å². The molecule has 1 atom stereocenters. The first-order chi connectivity index (χ1) is 9.63. The lowest BCUT2D eigenvalue weighted by molar-refractivity contribution is -0.133. The van der Waals surface area contributed by atoms with Crippen molar-refractivity contribution in [3.8, 4) is 5.19 Å². The van der Waals surface area contributed by atoms with E-state index in [4.69, 9.17) is 10.5 Å². The number of rotatable bonds is 3. The molecule has 8 heteroatoms. The molecule has 102 valence electrons. The normalized spacial score (nSPS) is 12.4. The van der Waals surface area contributed by atoms with Crippen molar-refractivity contribution in [3.05, 3.63) is 35.3 Å². The van der Waals surface area contributed by atoms with Gasteiger partial charge in [-0.3, -0.25) is 0 Å².